The molecule has 2 rings (SSSR count). The highest BCUT2D eigenvalue weighted by atomic mass is 16.5. The lowest BCUT2D eigenvalue weighted by molar-refractivity contribution is 0.219. The van der Waals surface area contributed by atoms with Gasteiger partial charge in [-0.25, -0.2) is 0 Å². The van der Waals surface area contributed by atoms with Crippen LogP contribution in [0.15, 0.2) is 4.52 Å². The summed E-state index contributed by atoms with van der Waals surface area (Å²) in [6.45, 7) is 2.80. The van der Waals surface area contributed by atoms with Gasteiger partial charge in [-0.15, -0.1) is 0 Å². The van der Waals surface area contributed by atoms with Gasteiger partial charge < -0.3 is 10.3 Å². The van der Waals surface area contributed by atoms with Crippen molar-refractivity contribution in [2.24, 2.45) is 5.73 Å². The molecule has 0 amide bonds. The molecule has 1 heterocycles. The van der Waals surface area contributed by atoms with Gasteiger partial charge in [-0.3, -0.25) is 0 Å². The zero-order valence-electron chi connectivity index (χ0n) is 10.7. The number of rotatable bonds is 5. The molecule has 0 atom stereocenters. The molecule has 2 N–H and O–H groups in total. The number of nitrogens with two attached hydrogens (primary N) is 1. The van der Waals surface area contributed by atoms with Crippen LogP contribution >= 0.6 is 0 Å². The number of nitrogens with zero attached hydrogens (tertiary/aromatic N) is 2. The van der Waals surface area contributed by atoms with Gasteiger partial charge in [0.25, 0.3) is 0 Å². The highest BCUT2D eigenvalue weighted by molar-refractivity contribution is 5.08. The Bertz CT molecular complexity index is 342. The summed E-state index contributed by atoms with van der Waals surface area (Å²) < 4.78 is 5.45. The summed E-state index contributed by atoms with van der Waals surface area (Å²) in [5.74, 6) is 1.63. The van der Waals surface area contributed by atoms with Gasteiger partial charge in [0.05, 0.1) is 5.41 Å². The van der Waals surface area contributed by atoms with Crippen LogP contribution in [0.5, 0.6) is 0 Å². The van der Waals surface area contributed by atoms with Crippen LogP contribution in [0, 0.1) is 0 Å². The van der Waals surface area contributed by atoms with E-state index >= 15 is 0 Å². The summed E-state index contributed by atoms with van der Waals surface area (Å²) in [6.07, 6.45) is 9.14. The number of hydrogen-bond donors (Lipinski definition) is 1. The van der Waals surface area contributed by atoms with Gasteiger partial charge in [0.2, 0.25) is 5.89 Å². The molecule has 0 bridgehead atoms. The Kier molecular flexibility index (Phi) is 4.15. The molecular formula is C13H23N3O. The second kappa shape index (κ2) is 5.63. The second-order valence-electron chi connectivity index (χ2n) is 5.16. The normalized spacial score (nSPS) is 19.4. The Morgan fingerprint density at radius 1 is 1.29 bits per heavy atom. The number of aryl methyl sites for hydroxylation is 1. The van der Waals surface area contributed by atoms with Crippen LogP contribution in [0.3, 0.4) is 0 Å². The summed E-state index contributed by atoms with van der Waals surface area (Å²) in [6, 6.07) is 0. The van der Waals surface area contributed by atoms with Crippen molar-refractivity contribution >= 4 is 0 Å². The average Bonchev–Trinajstić information content (AvgIpc) is 2.86. The van der Waals surface area contributed by atoms with E-state index in [1.54, 1.807) is 0 Å². The van der Waals surface area contributed by atoms with Crippen molar-refractivity contribution in [3.8, 4) is 0 Å². The second-order valence-corrected chi connectivity index (χ2v) is 5.16. The van der Waals surface area contributed by atoms with E-state index in [1.165, 1.54) is 19.3 Å². The lowest BCUT2D eigenvalue weighted by Gasteiger charge is -2.32. The molecule has 1 aromatic heterocycles. The maximum absolute atomic E-state index is 5.95. The predicted octanol–water partition coefficient (Wildman–Crippen LogP) is 2.57. The Balaban J connectivity index is 2.10. The van der Waals surface area contributed by atoms with Crippen molar-refractivity contribution in [1.29, 1.82) is 0 Å². The first kappa shape index (κ1) is 12.6. The summed E-state index contributed by atoms with van der Waals surface area (Å²) in [7, 11) is 0. The van der Waals surface area contributed by atoms with Crippen molar-refractivity contribution < 1.29 is 4.52 Å². The minimum Gasteiger partial charge on any atom is -0.339 e. The van der Waals surface area contributed by atoms with Crippen LogP contribution in [0.2, 0.25) is 0 Å². The van der Waals surface area contributed by atoms with Crippen LogP contribution in [0.25, 0.3) is 0 Å². The number of unbranched alkanes of at least 4 members (excludes halogenated alkanes) is 1. The molecular weight excluding hydrogens is 214 g/mol. The quantitative estimate of drug-likeness (QED) is 0.854. The molecule has 96 valence electrons. The minimum absolute atomic E-state index is 0.0320. The van der Waals surface area contributed by atoms with E-state index in [0.717, 1.165) is 43.8 Å². The third kappa shape index (κ3) is 2.68. The minimum atomic E-state index is -0.0320. The largest absolute Gasteiger partial charge is 0.339 e. The molecule has 1 aliphatic rings. The van der Waals surface area contributed by atoms with Crippen molar-refractivity contribution in [2.45, 2.75) is 63.7 Å². The molecule has 0 spiro atoms. The summed E-state index contributed by atoms with van der Waals surface area (Å²) in [5, 5.41) is 4.08. The molecule has 1 aromatic rings. The fourth-order valence-electron chi connectivity index (χ4n) is 2.64. The molecule has 0 saturated heterocycles. The topological polar surface area (TPSA) is 64.9 Å². The molecule has 17 heavy (non-hydrogen) atoms. The number of hydrogen-bond acceptors (Lipinski definition) is 4. The Hall–Kier alpha value is -0.900. The highest BCUT2D eigenvalue weighted by Gasteiger charge is 2.37. The Labute approximate surface area is 103 Å². The van der Waals surface area contributed by atoms with Gasteiger partial charge in [0.1, 0.15) is 0 Å². The Morgan fingerprint density at radius 2 is 2.06 bits per heavy atom. The molecule has 1 aliphatic carbocycles. The maximum Gasteiger partial charge on any atom is 0.234 e. The van der Waals surface area contributed by atoms with E-state index < -0.39 is 0 Å². The molecule has 0 radical (unpaired) electrons. The summed E-state index contributed by atoms with van der Waals surface area (Å²) >= 11 is 0. The molecule has 0 aliphatic heterocycles. The molecule has 0 unspecified atom stereocenters. The maximum atomic E-state index is 5.95. The van der Waals surface area contributed by atoms with E-state index in [9.17, 15) is 0 Å². The van der Waals surface area contributed by atoms with Gasteiger partial charge in [-0.1, -0.05) is 37.8 Å². The SMILES string of the molecule is CCCCc1noc(C2(CN)CCCCC2)n1. The van der Waals surface area contributed by atoms with Crippen LogP contribution in [0.1, 0.15) is 63.6 Å². The smallest absolute Gasteiger partial charge is 0.234 e. The fraction of sp³-hybridized carbons (Fsp3) is 0.846. The van der Waals surface area contributed by atoms with E-state index in [1.807, 2.05) is 0 Å². The first-order valence-corrected chi connectivity index (χ1v) is 6.84. The molecule has 1 saturated carbocycles. The van der Waals surface area contributed by atoms with E-state index in [-0.39, 0.29) is 5.41 Å². The van der Waals surface area contributed by atoms with Crippen molar-refractivity contribution in [1.82, 2.24) is 10.1 Å². The van der Waals surface area contributed by atoms with Crippen LogP contribution in [-0.2, 0) is 11.8 Å². The van der Waals surface area contributed by atoms with E-state index in [0.29, 0.717) is 6.54 Å². The van der Waals surface area contributed by atoms with Gasteiger partial charge in [-0.2, -0.15) is 4.98 Å². The van der Waals surface area contributed by atoms with Gasteiger partial charge >= 0.3 is 0 Å². The van der Waals surface area contributed by atoms with Crippen molar-refractivity contribution in [2.75, 3.05) is 6.54 Å². The van der Waals surface area contributed by atoms with Crippen LogP contribution in [0.4, 0.5) is 0 Å². The van der Waals surface area contributed by atoms with Gasteiger partial charge in [0.15, 0.2) is 5.82 Å². The fourth-order valence-corrected chi connectivity index (χ4v) is 2.64. The molecule has 1 fully saturated rings. The lowest BCUT2D eigenvalue weighted by atomic mass is 9.74. The molecule has 4 heteroatoms. The first-order chi connectivity index (χ1) is 8.30. The zero-order valence-corrected chi connectivity index (χ0v) is 10.7. The highest BCUT2D eigenvalue weighted by Crippen LogP contribution is 2.37. The predicted molar refractivity (Wildman–Crippen MR) is 66.7 cm³/mol. The van der Waals surface area contributed by atoms with E-state index in [2.05, 4.69) is 17.1 Å². The van der Waals surface area contributed by atoms with Crippen molar-refractivity contribution in [3.05, 3.63) is 11.7 Å². The Morgan fingerprint density at radius 3 is 2.71 bits per heavy atom. The summed E-state index contributed by atoms with van der Waals surface area (Å²) in [4.78, 5) is 4.56. The van der Waals surface area contributed by atoms with Gasteiger partial charge in [-0.05, 0) is 19.3 Å². The van der Waals surface area contributed by atoms with Crippen molar-refractivity contribution in [3.63, 3.8) is 0 Å². The first-order valence-electron chi connectivity index (χ1n) is 6.84. The standard InChI is InChI=1S/C13H23N3O/c1-2-3-7-11-15-12(17-16-11)13(10-14)8-5-4-6-9-13/h2-10,14H2,1H3. The van der Waals surface area contributed by atoms with Crippen LogP contribution < -0.4 is 5.73 Å². The van der Waals surface area contributed by atoms with E-state index in [4.69, 9.17) is 10.3 Å². The average molecular weight is 237 g/mol. The molecule has 0 aromatic carbocycles. The monoisotopic (exact) mass is 237 g/mol. The lowest BCUT2D eigenvalue weighted by Crippen LogP contribution is -2.37. The van der Waals surface area contributed by atoms with Crippen LogP contribution in [-0.4, -0.2) is 16.7 Å². The third-order valence-corrected chi connectivity index (χ3v) is 3.88. The van der Waals surface area contributed by atoms with Gasteiger partial charge in [0, 0.05) is 13.0 Å². The third-order valence-electron chi connectivity index (χ3n) is 3.88. The number of aromatic nitrogens is 2. The molecule has 4 nitrogen and oxygen atoms in total. The summed E-state index contributed by atoms with van der Waals surface area (Å²) in [5.41, 5.74) is 5.92. The zero-order chi connectivity index (χ0) is 12.1.